The number of rotatable bonds is 6. The van der Waals surface area contributed by atoms with Crippen LogP contribution in [-0.2, 0) is 9.53 Å². The van der Waals surface area contributed by atoms with E-state index in [0.717, 1.165) is 0 Å². The van der Waals surface area contributed by atoms with Crippen molar-refractivity contribution in [2.24, 2.45) is 5.73 Å². The van der Waals surface area contributed by atoms with Crippen LogP contribution in [0.2, 0.25) is 10.0 Å². The van der Waals surface area contributed by atoms with E-state index in [0.29, 0.717) is 34.4 Å². The highest BCUT2D eigenvalue weighted by Crippen LogP contribution is 2.34. The quantitative estimate of drug-likeness (QED) is 0.819. The van der Waals surface area contributed by atoms with Crippen molar-refractivity contribution in [1.29, 1.82) is 0 Å². The summed E-state index contributed by atoms with van der Waals surface area (Å²) in [7, 11) is 1.34. The van der Waals surface area contributed by atoms with E-state index in [-0.39, 0.29) is 18.4 Å². The molecule has 0 saturated heterocycles. The fourth-order valence-corrected chi connectivity index (χ4v) is 2.15. The number of hydrogen-bond acceptors (Lipinski definition) is 4. The largest absolute Gasteiger partial charge is 0.492 e. The zero-order valence-corrected chi connectivity index (χ0v) is 12.4. The molecule has 4 nitrogen and oxygen atoms in total. The fourth-order valence-electron chi connectivity index (χ4n) is 1.63. The number of nitrogens with two attached hydrogens (primary N) is 1. The van der Waals surface area contributed by atoms with Gasteiger partial charge in [-0.05, 0) is 25.0 Å². The van der Waals surface area contributed by atoms with Gasteiger partial charge in [0, 0.05) is 23.6 Å². The molecule has 1 aromatic carbocycles. The molecule has 0 radical (unpaired) electrons. The van der Waals surface area contributed by atoms with Crippen molar-refractivity contribution in [2.75, 3.05) is 13.7 Å². The number of benzene rings is 1. The van der Waals surface area contributed by atoms with Gasteiger partial charge in [-0.3, -0.25) is 4.79 Å². The van der Waals surface area contributed by atoms with Gasteiger partial charge >= 0.3 is 5.97 Å². The summed E-state index contributed by atoms with van der Waals surface area (Å²) in [5.41, 5.74) is 6.69. The van der Waals surface area contributed by atoms with Crippen LogP contribution >= 0.6 is 23.2 Å². The molecule has 0 fully saturated rings. The minimum atomic E-state index is -0.375. The number of halogens is 2. The Balaban J connectivity index is 2.82. The van der Waals surface area contributed by atoms with E-state index in [4.69, 9.17) is 33.7 Å². The van der Waals surface area contributed by atoms with Gasteiger partial charge in [0.25, 0.3) is 0 Å². The predicted octanol–water partition coefficient (Wildman–Crippen LogP) is 3.35. The van der Waals surface area contributed by atoms with E-state index >= 15 is 0 Å². The lowest BCUT2D eigenvalue weighted by atomic mass is 10.0. The van der Waals surface area contributed by atoms with Crippen LogP contribution in [0, 0.1) is 0 Å². The number of carbonyl (C=O) groups excluding carboxylic acids is 1. The molecule has 0 bridgehead atoms. The first-order valence-corrected chi connectivity index (χ1v) is 6.69. The summed E-state index contributed by atoms with van der Waals surface area (Å²) in [6.45, 7) is 2.37. The van der Waals surface area contributed by atoms with E-state index in [1.165, 1.54) is 7.11 Å². The Bertz CT molecular complexity index is 452. The molecule has 1 rings (SSSR count). The van der Waals surface area contributed by atoms with Crippen molar-refractivity contribution in [3.05, 3.63) is 27.7 Å². The summed E-state index contributed by atoms with van der Waals surface area (Å²) in [5, 5.41) is 0.931. The normalized spacial score (nSPS) is 12.1. The Kier molecular flexibility index (Phi) is 6.42. The lowest BCUT2D eigenvalue weighted by molar-refractivity contribution is -0.140. The second kappa shape index (κ2) is 7.58. The SMILES string of the molecule is CCOc1cc(Cl)c(C(N)CCC(=O)OC)cc1Cl. The Morgan fingerprint density at radius 3 is 2.63 bits per heavy atom. The highest BCUT2D eigenvalue weighted by molar-refractivity contribution is 6.34. The Labute approximate surface area is 122 Å². The van der Waals surface area contributed by atoms with E-state index < -0.39 is 0 Å². The fraction of sp³-hybridized carbons (Fsp3) is 0.462. The molecule has 0 saturated carbocycles. The first kappa shape index (κ1) is 16.1. The molecular formula is C13H17Cl2NO3. The van der Waals surface area contributed by atoms with Crippen molar-refractivity contribution < 1.29 is 14.3 Å². The molecule has 0 aliphatic rings. The van der Waals surface area contributed by atoms with E-state index in [1.807, 2.05) is 6.92 Å². The van der Waals surface area contributed by atoms with Crippen LogP contribution in [0.5, 0.6) is 5.75 Å². The minimum absolute atomic E-state index is 0.235. The molecule has 0 aliphatic carbocycles. The molecule has 0 aromatic heterocycles. The summed E-state index contributed by atoms with van der Waals surface area (Å²) in [6, 6.07) is 2.94. The Hall–Kier alpha value is -0.970. The molecule has 6 heteroatoms. The second-order valence-electron chi connectivity index (χ2n) is 3.96. The Morgan fingerprint density at radius 2 is 2.05 bits per heavy atom. The summed E-state index contributed by atoms with van der Waals surface area (Å²) < 4.78 is 9.90. The van der Waals surface area contributed by atoms with Crippen molar-refractivity contribution in [2.45, 2.75) is 25.8 Å². The van der Waals surface area contributed by atoms with Gasteiger partial charge in [0.1, 0.15) is 5.75 Å². The summed E-state index contributed by atoms with van der Waals surface area (Å²) in [6.07, 6.45) is 0.676. The molecule has 106 valence electrons. The van der Waals surface area contributed by atoms with E-state index in [2.05, 4.69) is 4.74 Å². The topological polar surface area (TPSA) is 61.5 Å². The standard InChI is InChI=1S/C13H17Cl2NO3/c1-3-19-12-7-9(14)8(6-10(12)15)11(16)4-5-13(17)18-2/h6-7,11H,3-5,16H2,1-2H3. The first-order chi connectivity index (χ1) is 8.99. The molecule has 1 unspecified atom stereocenters. The second-order valence-corrected chi connectivity index (χ2v) is 4.77. The van der Waals surface area contributed by atoms with Crippen LogP contribution in [-0.4, -0.2) is 19.7 Å². The van der Waals surface area contributed by atoms with Crippen LogP contribution in [0.4, 0.5) is 0 Å². The monoisotopic (exact) mass is 305 g/mol. The molecule has 1 aromatic rings. The van der Waals surface area contributed by atoms with Crippen molar-refractivity contribution >= 4 is 29.2 Å². The first-order valence-electron chi connectivity index (χ1n) is 5.93. The third-order valence-corrected chi connectivity index (χ3v) is 3.26. The summed E-state index contributed by atoms with van der Waals surface area (Å²) >= 11 is 12.2. The maximum absolute atomic E-state index is 11.1. The average Bonchev–Trinajstić information content (AvgIpc) is 2.39. The highest BCUT2D eigenvalue weighted by atomic mass is 35.5. The lowest BCUT2D eigenvalue weighted by Crippen LogP contribution is -2.13. The van der Waals surface area contributed by atoms with Gasteiger partial charge in [0.05, 0.1) is 18.7 Å². The number of carbonyl (C=O) groups is 1. The van der Waals surface area contributed by atoms with Crippen LogP contribution in [0.3, 0.4) is 0 Å². The molecule has 0 aliphatic heterocycles. The molecule has 1 atom stereocenters. The van der Waals surface area contributed by atoms with Gasteiger partial charge in [0.2, 0.25) is 0 Å². The molecule has 19 heavy (non-hydrogen) atoms. The molecule has 0 amide bonds. The van der Waals surface area contributed by atoms with Crippen LogP contribution in [0.15, 0.2) is 12.1 Å². The summed E-state index contributed by atoms with van der Waals surface area (Å²) in [4.78, 5) is 11.1. The van der Waals surface area contributed by atoms with Crippen molar-refractivity contribution in [3.63, 3.8) is 0 Å². The number of methoxy groups -OCH3 is 1. The van der Waals surface area contributed by atoms with Gasteiger partial charge in [-0.25, -0.2) is 0 Å². The van der Waals surface area contributed by atoms with Gasteiger partial charge in [-0.2, -0.15) is 0 Å². The highest BCUT2D eigenvalue weighted by Gasteiger charge is 2.15. The van der Waals surface area contributed by atoms with Crippen molar-refractivity contribution in [3.8, 4) is 5.75 Å². The van der Waals surface area contributed by atoms with Crippen LogP contribution < -0.4 is 10.5 Å². The smallest absolute Gasteiger partial charge is 0.305 e. The predicted molar refractivity (Wildman–Crippen MR) is 75.8 cm³/mol. The van der Waals surface area contributed by atoms with Gasteiger partial charge < -0.3 is 15.2 Å². The van der Waals surface area contributed by atoms with Gasteiger partial charge in [-0.1, -0.05) is 23.2 Å². The van der Waals surface area contributed by atoms with E-state index in [1.54, 1.807) is 12.1 Å². The van der Waals surface area contributed by atoms with Crippen molar-refractivity contribution in [1.82, 2.24) is 0 Å². The van der Waals surface area contributed by atoms with Crippen LogP contribution in [0.1, 0.15) is 31.4 Å². The number of hydrogen-bond donors (Lipinski definition) is 1. The molecule has 2 N–H and O–H groups in total. The number of esters is 1. The Morgan fingerprint density at radius 1 is 1.37 bits per heavy atom. The molecule has 0 heterocycles. The number of ether oxygens (including phenoxy) is 2. The summed E-state index contributed by atoms with van der Waals surface area (Å²) in [5.74, 6) is 0.224. The third kappa shape index (κ3) is 4.56. The molecular weight excluding hydrogens is 289 g/mol. The maximum Gasteiger partial charge on any atom is 0.305 e. The molecule has 0 spiro atoms. The minimum Gasteiger partial charge on any atom is -0.492 e. The van der Waals surface area contributed by atoms with Crippen LogP contribution in [0.25, 0.3) is 0 Å². The van der Waals surface area contributed by atoms with E-state index in [9.17, 15) is 4.79 Å². The van der Waals surface area contributed by atoms with Gasteiger partial charge in [-0.15, -0.1) is 0 Å². The maximum atomic E-state index is 11.1. The third-order valence-electron chi connectivity index (χ3n) is 2.64. The zero-order valence-electron chi connectivity index (χ0n) is 10.9. The zero-order chi connectivity index (χ0) is 14.4. The average molecular weight is 306 g/mol. The lowest BCUT2D eigenvalue weighted by Gasteiger charge is -2.15. The van der Waals surface area contributed by atoms with Gasteiger partial charge in [0.15, 0.2) is 0 Å².